The number of fused-ring (bicyclic) bond motifs is 6. The highest BCUT2D eigenvalue weighted by Crippen LogP contribution is 2.68. The number of aliphatic carboxylic acids is 1. The largest absolute Gasteiger partial charge is 0.631 e. The van der Waals surface area contributed by atoms with Crippen LogP contribution in [0.3, 0.4) is 0 Å². The number of H-pyrrole nitrogens is 1. The van der Waals surface area contributed by atoms with Crippen molar-refractivity contribution in [1.29, 1.82) is 5.53 Å². The number of benzene rings is 2. The molecule has 6 heterocycles. The normalized spacial score (nSPS) is 30.7. The topological polar surface area (TPSA) is 373 Å². The van der Waals surface area contributed by atoms with E-state index in [1.165, 1.54) is 28.1 Å². The zero-order valence-corrected chi connectivity index (χ0v) is 53.1. The maximum absolute atomic E-state index is 15.6. The summed E-state index contributed by atoms with van der Waals surface area (Å²) in [7, 11) is 6.52. The second-order valence-corrected chi connectivity index (χ2v) is 28.2. The van der Waals surface area contributed by atoms with Crippen LogP contribution in [0.2, 0.25) is 0 Å². The highest BCUT2D eigenvalue weighted by molar-refractivity contribution is 8.76. The average molecular weight is 1280 g/mol. The van der Waals surface area contributed by atoms with E-state index in [1.807, 2.05) is 50.2 Å². The predicted octanol–water partition coefficient (Wildman–Crippen LogP) is 2.39. The first-order valence-electron chi connectivity index (χ1n) is 30.6. The van der Waals surface area contributed by atoms with Crippen molar-refractivity contribution in [1.82, 2.24) is 20.1 Å². The Morgan fingerprint density at radius 1 is 0.933 bits per heavy atom. The van der Waals surface area contributed by atoms with Crippen LogP contribution in [0.15, 0.2) is 36.4 Å². The van der Waals surface area contributed by atoms with Gasteiger partial charge >= 0.3 is 23.9 Å². The number of esters is 1. The van der Waals surface area contributed by atoms with Gasteiger partial charge in [-0.2, -0.15) is 4.79 Å². The van der Waals surface area contributed by atoms with E-state index in [2.05, 4.69) is 20.1 Å². The van der Waals surface area contributed by atoms with Gasteiger partial charge in [0.25, 0.3) is 0 Å². The Kier molecular flexibility index (Phi) is 20.2. The monoisotopic (exact) mass is 1280 g/mol. The Labute approximate surface area is 524 Å². The Bertz CT molecular complexity index is 3240. The minimum Gasteiger partial charge on any atom is -0.496 e. The van der Waals surface area contributed by atoms with E-state index in [-0.39, 0.29) is 47.2 Å². The molecule has 11 N–H and O–H groups in total. The maximum Gasteiger partial charge on any atom is 0.631 e. The van der Waals surface area contributed by atoms with Crippen molar-refractivity contribution in [2.45, 2.75) is 156 Å². The first-order valence-corrected chi connectivity index (χ1v) is 33.1. The number of aromatic nitrogens is 1. The summed E-state index contributed by atoms with van der Waals surface area (Å²) in [6, 6.07) is 7.92. The number of ketones is 2. The number of Topliss-reactive ketones (excluding diaryl/α,β-unsaturated/α-hetero) is 2. The van der Waals surface area contributed by atoms with Crippen molar-refractivity contribution in [3.63, 3.8) is 0 Å². The molecular weight excluding hydrogens is 1190 g/mol. The quantitative estimate of drug-likeness (QED) is 0.0202. The maximum atomic E-state index is 15.6. The van der Waals surface area contributed by atoms with Crippen LogP contribution in [0, 0.1) is 28.7 Å². The van der Waals surface area contributed by atoms with E-state index in [0.717, 1.165) is 38.1 Å². The summed E-state index contributed by atoms with van der Waals surface area (Å²) in [5.41, 5.74) is 5.33. The zero-order valence-electron chi connectivity index (χ0n) is 51.4. The summed E-state index contributed by atoms with van der Waals surface area (Å²) in [6.45, 7) is 7.88. The molecule has 89 heavy (non-hydrogen) atoms. The Balaban J connectivity index is 0.996. The lowest BCUT2D eigenvalue weighted by atomic mass is 9.46. The first kappa shape index (κ1) is 67.8. The van der Waals surface area contributed by atoms with Gasteiger partial charge in [-0.3, -0.25) is 29.0 Å². The lowest BCUT2D eigenvalue weighted by Gasteiger charge is -2.63. The number of aliphatic hydroxyl groups is 7. The molecule has 3 amide bonds. The fourth-order valence-electron chi connectivity index (χ4n) is 16.5. The van der Waals surface area contributed by atoms with Gasteiger partial charge in [-0.1, -0.05) is 60.6 Å². The fourth-order valence-corrected chi connectivity index (χ4v) is 18.6. The van der Waals surface area contributed by atoms with Crippen molar-refractivity contribution >= 4 is 79.6 Å². The molecule has 2 bridgehead atoms. The van der Waals surface area contributed by atoms with E-state index in [9.17, 15) is 64.8 Å². The fraction of sp³-hybridized carbons (Fsp3) is 0.661. The van der Waals surface area contributed by atoms with Gasteiger partial charge < -0.3 is 75.1 Å². The number of ether oxygens (including phenoxy) is 3. The van der Waals surface area contributed by atoms with Crippen molar-refractivity contribution in [2.75, 3.05) is 83.6 Å². The number of carboxylic acids is 1. The van der Waals surface area contributed by atoms with Gasteiger partial charge in [-0.25, -0.2) is 4.79 Å². The molecule has 2 aromatic carbocycles. The molecule has 27 heteroatoms. The number of hydrogen-bond donors (Lipinski definition) is 11. The molecule has 25 nitrogen and oxygen atoms in total. The molecule has 1 saturated carbocycles. The second-order valence-electron chi connectivity index (χ2n) is 25.6. The molecule has 1 spiro atoms. The van der Waals surface area contributed by atoms with E-state index in [4.69, 9.17) is 19.7 Å². The average Bonchev–Trinajstić information content (AvgIpc) is 1.53. The summed E-state index contributed by atoms with van der Waals surface area (Å²) < 4.78 is 17.7. The lowest BCUT2D eigenvalue weighted by Crippen LogP contribution is -2.82. The molecule has 9 rings (SSSR count). The number of imide groups is 1. The van der Waals surface area contributed by atoms with E-state index >= 15 is 9.59 Å². The van der Waals surface area contributed by atoms with Gasteiger partial charge in [-0.15, -0.1) is 0 Å². The molecule has 3 saturated heterocycles. The van der Waals surface area contributed by atoms with Crippen LogP contribution in [0.4, 0.5) is 10.5 Å². The van der Waals surface area contributed by atoms with Crippen LogP contribution in [-0.4, -0.2) is 234 Å². The number of aliphatic hydroxyl groups excluding tert-OH is 5. The number of amides is 3. The van der Waals surface area contributed by atoms with Crippen LogP contribution >= 0.6 is 21.6 Å². The van der Waals surface area contributed by atoms with Crippen molar-refractivity contribution in [2.24, 2.45) is 23.2 Å². The van der Waals surface area contributed by atoms with Gasteiger partial charge in [0.2, 0.25) is 11.5 Å². The molecule has 0 radical (unpaired) electrons. The number of hydrogen-bond acceptors (Lipinski definition) is 23. The molecular formula is C62H86N7O18S2+. The third-order valence-electron chi connectivity index (χ3n) is 20.5. The molecule has 1 unspecified atom stereocenters. The number of piperidine rings is 2. The Morgan fingerprint density at radius 3 is 2.33 bits per heavy atom. The van der Waals surface area contributed by atoms with Crippen molar-refractivity contribution < 1.29 is 93.3 Å². The molecule has 488 valence electrons. The summed E-state index contributed by atoms with van der Waals surface area (Å²) in [5.74, 6) is -8.34. The van der Waals surface area contributed by atoms with E-state index < -0.39 is 137 Å². The summed E-state index contributed by atoms with van der Waals surface area (Å²) in [4.78, 5) is 106. The highest BCUT2D eigenvalue weighted by atomic mass is 33.1. The molecule has 3 aromatic rings. The minimum absolute atomic E-state index is 0.0434. The van der Waals surface area contributed by atoms with Gasteiger partial charge in [0, 0.05) is 108 Å². The van der Waals surface area contributed by atoms with Gasteiger partial charge in [-0.05, 0) is 106 Å². The SMILES string of the molecule is CC[C@]1(O)C[C@H]2CN(CCc3c([nH]c4ccccc34)[C@@](C(=O)OC)(c3cc4c(cc3OC)N(C)[C@H]3[C@@](O)(C(=O)[N+](=N)C(=O)OCCSSC[C@H](CC(=O)[C@@H](NC(=O)[C@H](C)CC(C)=O)[C@@H](O)[C@H](O)[C@H](O)CO)C(=O)O)[C@H](O)[C@]5(CC)CCCN6CC[C@]43[C@@H]65)C2)C1. The van der Waals surface area contributed by atoms with E-state index in [0.29, 0.717) is 99.5 Å². The van der Waals surface area contributed by atoms with Crippen LogP contribution in [0.1, 0.15) is 108 Å². The van der Waals surface area contributed by atoms with Crippen LogP contribution in [-0.2, 0) is 55.5 Å². The van der Waals surface area contributed by atoms with Crippen LogP contribution in [0.25, 0.3) is 10.9 Å². The summed E-state index contributed by atoms with van der Waals surface area (Å²) in [6.07, 6.45) is -7.28. The number of para-hydroxylation sites is 1. The molecule has 6 aliphatic rings. The number of nitrogens with one attached hydrogen (secondary N) is 3. The number of carboxylic acid groups (broad SMARTS) is 1. The number of methoxy groups -OCH3 is 2. The van der Waals surface area contributed by atoms with Crippen molar-refractivity contribution in [3.8, 4) is 5.75 Å². The number of carbonyl (C=O) groups excluding carboxylic acids is 6. The smallest absolute Gasteiger partial charge is 0.496 e. The summed E-state index contributed by atoms with van der Waals surface area (Å²) >= 11 is 0. The number of likely N-dealkylation sites (N-methyl/N-ethyl adjacent to an activating group) is 1. The molecule has 16 atom stereocenters. The number of anilines is 1. The first-order chi connectivity index (χ1) is 42.2. The number of aromatic amines is 1. The predicted molar refractivity (Wildman–Crippen MR) is 325 cm³/mol. The minimum atomic E-state index is -2.85. The molecule has 1 aromatic heterocycles. The third kappa shape index (κ3) is 11.7. The third-order valence-corrected chi connectivity index (χ3v) is 23.0. The van der Waals surface area contributed by atoms with E-state index in [1.54, 1.807) is 11.9 Å². The molecule has 5 aliphatic heterocycles. The molecule has 4 fully saturated rings. The van der Waals surface area contributed by atoms with Gasteiger partial charge in [0.05, 0.1) is 43.1 Å². The number of rotatable bonds is 24. The van der Waals surface area contributed by atoms with Crippen LogP contribution in [0.5, 0.6) is 5.75 Å². The Morgan fingerprint density at radius 2 is 1.66 bits per heavy atom. The van der Waals surface area contributed by atoms with Gasteiger partial charge in [0.1, 0.15) is 54.0 Å². The summed E-state index contributed by atoms with van der Waals surface area (Å²) in [5, 5.41) is 92.9. The van der Waals surface area contributed by atoms with Crippen molar-refractivity contribution in [3.05, 3.63) is 58.8 Å². The molecule has 1 aliphatic carbocycles. The lowest BCUT2D eigenvalue weighted by molar-refractivity contribution is -0.475. The van der Waals surface area contributed by atoms with Crippen LogP contribution < -0.4 is 15.0 Å². The number of carbonyl (C=O) groups is 7. The second kappa shape index (κ2) is 26.6. The standard InChI is InChI=1S/C62H85N7O18S2/c1-8-58(83)27-35-28-61(56(81)86-7,49-38(15-19-67(29-35)32-58)37-13-10-11-14-41(37)64-49)40-25-39-42(26-45(40)85-6)66(5)53-60(39)17-20-68-18-12-16-59(9-2,52(60)68)54(79)62(53,84)55(80)69(63)57(82)87-21-22-88-89-31-36(51(77)78)24-43(72)46(48(75)47(74)44(73)30-70)65-50(76)33(3)23-34(4)71/h10-11,13-14,25-26,33,35-36,44,46-48,52-54,63-64,70,73-75,79,83-84H,8-9,12,15-24,27-32H2,1-7H3,(H-,65,76,77,78)/p+1/t33-,35-,36+,44-,46-,47-,48-,52+,53-,54-,58+,59-,60-,61+,62+/m1/s1. The Hall–Kier alpha value is -5.59. The highest BCUT2D eigenvalue weighted by Gasteiger charge is 2.81. The zero-order chi connectivity index (χ0) is 64.9. The number of nitrogens with zero attached hydrogens (tertiary/aromatic N) is 4. The van der Waals surface area contributed by atoms with Gasteiger partial charge in [0.15, 0.2) is 5.78 Å².